The Labute approximate surface area is 76.8 Å². The van der Waals surface area contributed by atoms with Gasteiger partial charge in [0.1, 0.15) is 0 Å². The van der Waals surface area contributed by atoms with Gasteiger partial charge >= 0.3 is 0 Å². The van der Waals surface area contributed by atoms with Crippen LogP contribution in [-0.4, -0.2) is 10.7 Å². The zero-order valence-electron chi connectivity index (χ0n) is 5.54. The third-order valence-corrected chi connectivity index (χ3v) is 1.38. The highest BCUT2D eigenvalue weighted by Crippen LogP contribution is 1.99. The molecule has 58 valence electrons. The molecule has 0 radical (unpaired) electrons. The zero-order chi connectivity index (χ0) is 7.82. The van der Waals surface area contributed by atoms with Gasteiger partial charge < -0.3 is 0 Å². The van der Waals surface area contributed by atoms with Gasteiger partial charge in [-0.25, -0.2) is 0 Å². The molecule has 0 atom stereocenters. The molecule has 0 saturated heterocycles. The second-order valence-corrected chi connectivity index (χ2v) is 3.24. The summed E-state index contributed by atoms with van der Waals surface area (Å²) in [6.07, 6.45) is 2.87. The molecular weight excluding hydrogens is 190 g/mol. The molecular formula is C7H9Cl3. The molecule has 0 nitrogen and oxygen atoms in total. The maximum absolute atomic E-state index is 5.44. The molecule has 0 aromatic rings. The molecule has 0 bridgehead atoms. The molecule has 0 N–H and O–H groups in total. The minimum absolute atomic E-state index is 0.545. The maximum atomic E-state index is 5.44. The Bertz CT molecular complexity index is 121. The van der Waals surface area contributed by atoms with E-state index < -0.39 is 4.84 Å². The van der Waals surface area contributed by atoms with E-state index in [1.54, 1.807) is 0 Å². The van der Waals surface area contributed by atoms with Crippen molar-refractivity contribution in [2.45, 2.75) is 24.1 Å². The van der Waals surface area contributed by atoms with E-state index in [-0.39, 0.29) is 0 Å². The molecule has 0 amide bonds. The highest BCUT2D eigenvalue weighted by atomic mass is 35.5. The first-order valence-corrected chi connectivity index (χ1v) is 4.50. The third kappa shape index (κ3) is 8.43. The van der Waals surface area contributed by atoms with Gasteiger partial charge in [0.15, 0.2) is 4.84 Å². The minimum Gasteiger partial charge on any atom is -0.127 e. The molecule has 0 spiro atoms. The van der Waals surface area contributed by atoms with Gasteiger partial charge in [0.05, 0.1) is 0 Å². The molecule has 0 saturated carbocycles. The molecule has 0 unspecified atom stereocenters. The Morgan fingerprint density at radius 1 is 1.20 bits per heavy atom. The Morgan fingerprint density at radius 2 is 1.90 bits per heavy atom. The number of alkyl halides is 3. The third-order valence-electron chi connectivity index (χ3n) is 0.897. The second kappa shape index (κ2) is 7.54. The fraction of sp³-hybridized carbons (Fsp3) is 0.714. The van der Waals surface area contributed by atoms with Crippen molar-refractivity contribution in [3.8, 4) is 11.8 Å². The van der Waals surface area contributed by atoms with Crippen molar-refractivity contribution in [3.05, 3.63) is 0 Å². The van der Waals surface area contributed by atoms with Crippen LogP contribution >= 0.6 is 34.8 Å². The standard InChI is InChI=1S/C7H9Cl3/c8-6-4-2-1-3-5-7(9)10/h7H,1-2,4,6H2. The zero-order valence-corrected chi connectivity index (χ0v) is 7.81. The Hall–Kier alpha value is 0.430. The monoisotopic (exact) mass is 198 g/mol. The van der Waals surface area contributed by atoms with Crippen LogP contribution in [0.15, 0.2) is 0 Å². The first-order valence-electron chi connectivity index (χ1n) is 3.10. The van der Waals surface area contributed by atoms with Crippen molar-refractivity contribution in [1.82, 2.24) is 0 Å². The van der Waals surface area contributed by atoms with Crippen molar-refractivity contribution in [2.24, 2.45) is 0 Å². The SMILES string of the molecule is ClCCCCC#CC(Cl)Cl. The average Bonchev–Trinajstić information content (AvgIpc) is 1.87. The number of rotatable bonds is 3. The van der Waals surface area contributed by atoms with Crippen molar-refractivity contribution in [1.29, 1.82) is 0 Å². The van der Waals surface area contributed by atoms with Crippen LogP contribution in [0.1, 0.15) is 19.3 Å². The Balaban J connectivity index is 3.12. The molecule has 3 heteroatoms. The van der Waals surface area contributed by atoms with Gasteiger partial charge in [-0.2, -0.15) is 0 Å². The summed E-state index contributed by atoms with van der Waals surface area (Å²) in [5.74, 6) is 6.19. The van der Waals surface area contributed by atoms with Gasteiger partial charge in [-0.15, -0.1) is 17.5 Å². The Kier molecular flexibility index (Phi) is 7.86. The largest absolute Gasteiger partial charge is 0.167 e. The van der Waals surface area contributed by atoms with Gasteiger partial charge in [0.25, 0.3) is 0 Å². The lowest BCUT2D eigenvalue weighted by molar-refractivity contribution is 0.833. The summed E-state index contributed by atoms with van der Waals surface area (Å²) in [6, 6.07) is 0. The summed E-state index contributed by atoms with van der Waals surface area (Å²) in [6.45, 7) is 0. The minimum atomic E-state index is -0.545. The van der Waals surface area contributed by atoms with Gasteiger partial charge in [0.2, 0.25) is 0 Å². The lowest BCUT2D eigenvalue weighted by atomic mass is 10.2. The maximum Gasteiger partial charge on any atom is 0.167 e. The molecule has 0 fully saturated rings. The molecule has 0 aliphatic rings. The van der Waals surface area contributed by atoms with Gasteiger partial charge in [-0.3, -0.25) is 0 Å². The van der Waals surface area contributed by atoms with Crippen LogP contribution in [0.4, 0.5) is 0 Å². The first-order chi connectivity index (χ1) is 4.77. The van der Waals surface area contributed by atoms with Crippen LogP contribution in [-0.2, 0) is 0 Å². The molecule has 0 heterocycles. The highest BCUT2D eigenvalue weighted by Gasteiger charge is 1.86. The fourth-order valence-corrected chi connectivity index (χ4v) is 0.800. The van der Waals surface area contributed by atoms with Crippen molar-refractivity contribution < 1.29 is 0 Å². The molecule has 10 heavy (non-hydrogen) atoms. The van der Waals surface area contributed by atoms with E-state index in [9.17, 15) is 0 Å². The van der Waals surface area contributed by atoms with E-state index in [1.165, 1.54) is 0 Å². The van der Waals surface area contributed by atoms with Crippen LogP contribution in [0, 0.1) is 11.8 Å². The summed E-state index contributed by atoms with van der Waals surface area (Å²) >= 11 is 16.2. The first kappa shape index (κ1) is 10.4. The average molecular weight is 200 g/mol. The van der Waals surface area contributed by atoms with E-state index in [4.69, 9.17) is 34.8 Å². The summed E-state index contributed by atoms with van der Waals surface area (Å²) < 4.78 is 0. The topological polar surface area (TPSA) is 0 Å². The van der Waals surface area contributed by atoms with Crippen molar-refractivity contribution >= 4 is 34.8 Å². The van der Waals surface area contributed by atoms with Crippen LogP contribution in [0.2, 0.25) is 0 Å². The second-order valence-electron chi connectivity index (χ2n) is 1.77. The smallest absolute Gasteiger partial charge is 0.127 e. The van der Waals surface area contributed by atoms with Crippen LogP contribution in [0.25, 0.3) is 0 Å². The fourth-order valence-electron chi connectivity index (χ4n) is 0.457. The Morgan fingerprint density at radius 3 is 2.40 bits per heavy atom. The number of unbranched alkanes of at least 4 members (excludes halogenated alkanes) is 2. The molecule has 0 aliphatic heterocycles. The van der Waals surface area contributed by atoms with Gasteiger partial charge in [-0.1, -0.05) is 29.1 Å². The number of halogens is 3. The van der Waals surface area contributed by atoms with Gasteiger partial charge in [-0.05, 0) is 12.8 Å². The highest BCUT2D eigenvalue weighted by molar-refractivity contribution is 6.46. The van der Waals surface area contributed by atoms with E-state index in [0.717, 1.165) is 19.3 Å². The van der Waals surface area contributed by atoms with Crippen LogP contribution in [0.3, 0.4) is 0 Å². The lowest BCUT2D eigenvalue weighted by Gasteiger charge is -1.87. The summed E-state index contributed by atoms with van der Waals surface area (Å²) in [5.41, 5.74) is 0. The molecule has 0 rings (SSSR count). The normalized spacial score (nSPS) is 9.20. The summed E-state index contributed by atoms with van der Waals surface area (Å²) in [5, 5.41) is 0. The van der Waals surface area contributed by atoms with E-state index in [1.807, 2.05) is 0 Å². The van der Waals surface area contributed by atoms with E-state index in [2.05, 4.69) is 11.8 Å². The van der Waals surface area contributed by atoms with Crippen molar-refractivity contribution in [3.63, 3.8) is 0 Å². The van der Waals surface area contributed by atoms with Crippen molar-refractivity contribution in [2.75, 3.05) is 5.88 Å². The predicted octanol–water partition coefficient (Wildman–Crippen LogP) is 3.20. The van der Waals surface area contributed by atoms with E-state index in [0.29, 0.717) is 5.88 Å². The van der Waals surface area contributed by atoms with E-state index >= 15 is 0 Å². The summed E-state index contributed by atoms with van der Waals surface area (Å²) in [7, 11) is 0. The summed E-state index contributed by atoms with van der Waals surface area (Å²) in [4.78, 5) is -0.545. The predicted molar refractivity (Wildman–Crippen MR) is 47.8 cm³/mol. The quantitative estimate of drug-likeness (QED) is 0.372. The number of hydrogen-bond acceptors (Lipinski definition) is 0. The van der Waals surface area contributed by atoms with Crippen LogP contribution in [0.5, 0.6) is 0 Å². The molecule has 0 aromatic carbocycles. The number of hydrogen-bond donors (Lipinski definition) is 0. The molecule has 0 aromatic heterocycles. The van der Waals surface area contributed by atoms with Gasteiger partial charge in [0, 0.05) is 12.3 Å². The molecule has 0 aliphatic carbocycles. The van der Waals surface area contributed by atoms with Crippen LogP contribution < -0.4 is 0 Å². The lowest BCUT2D eigenvalue weighted by Crippen LogP contribution is -1.78.